The van der Waals surface area contributed by atoms with E-state index in [-0.39, 0.29) is 12.5 Å². The predicted molar refractivity (Wildman–Crippen MR) is 86.9 cm³/mol. The van der Waals surface area contributed by atoms with E-state index in [1.807, 2.05) is 17.5 Å². The highest BCUT2D eigenvalue weighted by Gasteiger charge is 2.25. The average molecular weight is 370 g/mol. The normalized spacial score (nSPS) is 13.5. The molecule has 1 aromatic carbocycles. The molecule has 2 aromatic rings. The molecule has 1 unspecified atom stereocenters. The number of amides is 1. The van der Waals surface area contributed by atoms with Gasteiger partial charge in [-0.15, -0.1) is 11.3 Å². The van der Waals surface area contributed by atoms with Crippen molar-refractivity contribution in [2.45, 2.75) is 12.5 Å². The lowest BCUT2D eigenvalue weighted by molar-refractivity contribution is 0.0556. The molecule has 1 atom stereocenters. The molecule has 4 nitrogen and oxygen atoms in total. The third kappa shape index (κ3) is 3.84. The lowest BCUT2D eigenvalue weighted by atomic mass is 10.0. The summed E-state index contributed by atoms with van der Waals surface area (Å²) >= 11 is 4.80. The first kappa shape index (κ1) is 16.0. The molecule has 1 aromatic heterocycles. The number of rotatable bonds is 5. The molecule has 0 aliphatic carbocycles. The minimum atomic E-state index is -1.09. The van der Waals surface area contributed by atoms with Gasteiger partial charge in [-0.1, -0.05) is 6.07 Å². The molecule has 0 saturated heterocycles. The Morgan fingerprint density at radius 2 is 2.24 bits per heavy atom. The number of halogens is 1. The molecular weight excluding hydrogens is 354 g/mol. The summed E-state index contributed by atoms with van der Waals surface area (Å²) in [6.07, 6.45) is 0. The van der Waals surface area contributed by atoms with Crippen molar-refractivity contribution in [3.8, 4) is 5.75 Å². The van der Waals surface area contributed by atoms with Gasteiger partial charge in [0.1, 0.15) is 11.4 Å². The van der Waals surface area contributed by atoms with Crippen molar-refractivity contribution in [1.82, 2.24) is 5.32 Å². The van der Waals surface area contributed by atoms with Crippen LogP contribution in [0.5, 0.6) is 5.75 Å². The summed E-state index contributed by atoms with van der Waals surface area (Å²) in [7, 11) is 1.55. The number of hydrogen-bond acceptors (Lipinski definition) is 4. The zero-order valence-electron chi connectivity index (χ0n) is 11.7. The van der Waals surface area contributed by atoms with E-state index in [0.29, 0.717) is 15.8 Å². The lowest BCUT2D eigenvalue weighted by Crippen LogP contribution is -2.38. The van der Waals surface area contributed by atoms with Crippen molar-refractivity contribution in [1.29, 1.82) is 0 Å². The standard InChI is InChI=1S/C15H16BrNO3S/c1-15(19,13-4-3-7-21-13)9-17-14(18)11-8-10(20-2)5-6-12(11)16/h3-8,19H,9H2,1-2H3,(H,17,18). The number of carbonyl (C=O) groups excluding carboxylic acids is 1. The van der Waals surface area contributed by atoms with E-state index in [1.165, 1.54) is 11.3 Å². The van der Waals surface area contributed by atoms with Crippen LogP contribution in [0.3, 0.4) is 0 Å². The SMILES string of the molecule is COc1ccc(Br)c(C(=O)NCC(C)(O)c2cccs2)c1. The van der Waals surface area contributed by atoms with Gasteiger partial charge in [-0.2, -0.15) is 0 Å². The van der Waals surface area contributed by atoms with Crippen LogP contribution in [0, 0.1) is 0 Å². The first-order valence-electron chi connectivity index (χ1n) is 6.32. The van der Waals surface area contributed by atoms with Crippen molar-refractivity contribution in [2.24, 2.45) is 0 Å². The molecule has 21 heavy (non-hydrogen) atoms. The Hall–Kier alpha value is -1.37. The average Bonchev–Trinajstić information content (AvgIpc) is 3.00. The van der Waals surface area contributed by atoms with Crippen LogP contribution in [0.4, 0.5) is 0 Å². The number of aliphatic hydroxyl groups is 1. The topological polar surface area (TPSA) is 58.6 Å². The van der Waals surface area contributed by atoms with Crippen LogP contribution < -0.4 is 10.1 Å². The summed E-state index contributed by atoms with van der Waals surface area (Å²) in [6, 6.07) is 8.89. The van der Waals surface area contributed by atoms with Crippen molar-refractivity contribution < 1.29 is 14.6 Å². The van der Waals surface area contributed by atoms with Gasteiger partial charge in [-0.25, -0.2) is 0 Å². The summed E-state index contributed by atoms with van der Waals surface area (Å²) < 4.78 is 5.79. The van der Waals surface area contributed by atoms with Gasteiger partial charge in [-0.05, 0) is 52.5 Å². The van der Waals surface area contributed by atoms with Crippen LogP contribution in [-0.4, -0.2) is 24.7 Å². The van der Waals surface area contributed by atoms with Crippen LogP contribution in [0.15, 0.2) is 40.2 Å². The number of carbonyl (C=O) groups is 1. The maximum Gasteiger partial charge on any atom is 0.252 e. The fraction of sp³-hybridized carbons (Fsp3) is 0.267. The summed E-state index contributed by atoms with van der Waals surface area (Å²) in [5, 5.41) is 15.0. The molecule has 0 saturated carbocycles. The van der Waals surface area contributed by atoms with Crippen molar-refractivity contribution >= 4 is 33.2 Å². The minimum absolute atomic E-state index is 0.135. The second-order valence-corrected chi connectivity index (χ2v) is 6.58. The van der Waals surface area contributed by atoms with Crippen molar-refractivity contribution in [2.75, 3.05) is 13.7 Å². The molecule has 0 spiro atoms. The Kier molecular flexibility index (Phi) is 5.03. The minimum Gasteiger partial charge on any atom is -0.497 e. The third-order valence-electron chi connectivity index (χ3n) is 3.06. The Bertz CT molecular complexity index is 626. The smallest absolute Gasteiger partial charge is 0.252 e. The summed E-state index contributed by atoms with van der Waals surface area (Å²) in [5.74, 6) is 0.339. The van der Waals surface area contributed by atoms with Gasteiger partial charge in [0.05, 0.1) is 19.2 Å². The molecule has 0 bridgehead atoms. The van der Waals surface area contributed by atoms with E-state index in [0.717, 1.165) is 4.88 Å². The van der Waals surface area contributed by atoms with Gasteiger partial charge in [0.25, 0.3) is 5.91 Å². The van der Waals surface area contributed by atoms with Gasteiger partial charge in [0.15, 0.2) is 0 Å². The molecule has 0 aliphatic rings. The van der Waals surface area contributed by atoms with Crippen LogP contribution in [0.2, 0.25) is 0 Å². The van der Waals surface area contributed by atoms with E-state index in [9.17, 15) is 9.90 Å². The van der Waals surface area contributed by atoms with Gasteiger partial charge in [0, 0.05) is 9.35 Å². The Balaban J connectivity index is 2.08. The van der Waals surface area contributed by atoms with E-state index < -0.39 is 5.60 Å². The summed E-state index contributed by atoms with van der Waals surface area (Å²) in [4.78, 5) is 13.1. The van der Waals surface area contributed by atoms with Gasteiger partial charge >= 0.3 is 0 Å². The Morgan fingerprint density at radius 3 is 2.86 bits per heavy atom. The second kappa shape index (κ2) is 6.60. The van der Waals surface area contributed by atoms with Crippen LogP contribution in [0.1, 0.15) is 22.2 Å². The summed E-state index contributed by atoms with van der Waals surface area (Å²) in [5.41, 5.74) is -0.619. The number of hydrogen-bond donors (Lipinski definition) is 2. The molecule has 2 rings (SSSR count). The molecule has 1 heterocycles. The molecule has 2 N–H and O–H groups in total. The van der Waals surface area contributed by atoms with E-state index in [2.05, 4.69) is 21.2 Å². The fourth-order valence-electron chi connectivity index (χ4n) is 1.83. The molecule has 0 aliphatic heterocycles. The number of ether oxygens (including phenoxy) is 1. The maximum absolute atomic E-state index is 12.2. The maximum atomic E-state index is 12.2. The highest BCUT2D eigenvalue weighted by Crippen LogP contribution is 2.25. The molecule has 1 amide bonds. The zero-order valence-corrected chi connectivity index (χ0v) is 14.1. The number of methoxy groups -OCH3 is 1. The fourth-order valence-corrected chi connectivity index (χ4v) is 3.04. The molecule has 0 fully saturated rings. The van der Waals surface area contributed by atoms with Crippen LogP contribution in [-0.2, 0) is 5.60 Å². The van der Waals surface area contributed by atoms with E-state index >= 15 is 0 Å². The number of thiophene rings is 1. The predicted octanol–water partition coefficient (Wildman–Crippen LogP) is 3.16. The summed E-state index contributed by atoms with van der Waals surface area (Å²) in [6.45, 7) is 1.82. The molecule has 6 heteroatoms. The third-order valence-corrected chi connectivity index (χ3v) is 4.88. The van der Waals surface area contributed by atoms with Gasteiger partial charge in [-0.3, -0.25) is 4.79 Å². The molecule has 112 valence electrons. The van der Waals surface area contributed by atoms with Crippen molar-refractivity contribution in [3.63, 3.8) is 0 Å². The van der Waals surface area contributed by atoms with Gasteiger partial charge in [0.2, 0.25) is 0 Å². The van der Waals surface area contributed by atoms with E-state index in [1.54, 1.807) is 32.2 Å². The Labute approximate surface area is 135 Å². The molecule has 0 radical (unpaired) electrons. The number of nitrogens with one attached hydrogen (secondary N) is 1. The first-order chi connectivity index (χ1) is 9.94. The largest absolute Gasteiger partial charge is 0.497 e. The van der Waals surface area contributed by atoms with Crippen LogP contribution >= 0.6 is 27.3 Å². The monoisotopic (exact) mass is 369 g/mol. The first-order valence-corrected chi connectivity index (χ1v) is 7.99. The van der Waals surface area contributed by atoms with Gasteiger partial charge < -0.3 is 15.2 Å². The Morgan fingerprint density at radius 1 is 1.48 bits per heavy atom. The number of benzene rings is 1. The lowest BCUT2D eigenvalue weighted by Gasteiger charge is -2.22. The zero-order chi connectivity index (χ0) is 15.5. The van der Waals surface area contributed by atoms with Crippen LogP contribution in [0.25, 0.3) is 0 Å². The highest BCUT2D eigenvalue weighted by atomic mass is 79.9. The molecular formula is C15H16BrNO3S. The second-order valence-electron chi connectivity index (χ2n) is 4.78. The highest BCUT2D eigenvalue weighted by molar-refractivity contribution is 9.10. The quantitative estimate of drug-likeness (QED) is 0.850. The van der Waals surface area contributed by atoms with Crippen molar-refractivity contribution in [3.05, 3.63) is 50.6 Å². The van der Waals surface area contributed by atoms with E-state index in [4.69, 9.17) is 4.74 Å².